The molecule has 0 atom stereocenters. The van der Waals surface area contributed by atoms with E-state index in [0.29, 0.717) is 6.61 Å². The molecule has 1 aliphatic carbocycles. The Hall–Kier alpha value is -1.06. The molecule has 0 spiro atoms. The van der Waals surface area contributed by atoms with Crippen molar-refractivity contribution in [2.45, 2.75) is 12.8 Å². The molecule has 17 heavy (non-hydrogen) atoms. The lowest BCUT2D eigenvalue weighted by Crippen LogP contribution is -2.28. The van der Waals surface area contributed by atoms with Crippen molar-refractivity contribution >= 4 is 27.1 Å². The van der Waals surface area contributed by atoms with Crippen molar-refractivity contribution in [3.63, 3.8) is 0 Å². The molecule has 0 saturated heterocycles. The van der Waals surface area contributed by atoms with Gasteiger partial charge in [0.05, 0.1) is 12.3 Å². The van der Waals surface area contributed by atoms with Gasteiger partial charge in [-0.15, -0.1) is 11.3 Å². The van der Waals surface area contributed by atoms with Gasteiger partial charge in [-0.3, -0.25) is 0 Å². The van der Waals surface area contributed by atoms with Gasteiger partial charge >= 0.3 is 0 Å². The molecule has 1 N–H and O–H groups in total. The highest BCUT2D eigenvalue weighted by atomic mass is 32.1. The first-order valence-corrected chi connectivity index (χ1v) is 6.90. The van der Waals surface area contributed by atoms with E-state index in [1.54, 1.807) is 11.3 Å². The monoisotopic (exact) mass is 247 g/mol. The number of rotatable bonds is 4. The minimum atomic E-state index is 0.178. The average Bonchev–Trinajstić information content (AvgIpc) is 2.99. The zero-order valence-electron chi connectivity index (χ0n) is 10.0. The topological polar surface area (TPSA) is 23.5 Å². The van der Waals surface area contributed by atoms with Crippen LogP contribution in [0.1, 0.15) is 12.8 Å². The molecule has 1 aromatic carbocycles. The third-order valence-electron chi connectivity index (χ3n) is 3.74. The predicted molar refractivity (Wildman–Crippen MR) is 73.8 cm³/mol. The summed E-state index contributed by atoms with van der Waals surface area (Å²) in [6.07, 6.45) is 2.33. The number of hydrogen-bond acceptors (Lipinski definition) is 3. The van der Waals surface area contributed by atoms with Crippen LogP contribution in [0, 0.1) is 5.41 Å². The molecular formula is C14H17NOS. The van der Waals surface area contributed by atoms with Crippen LogP contribution in [0.15, 0.2) is 29.6 Å². The first kappa shape index (κ1) is 11.1. The van der Waals surface area contributed by atoms with Crippen molar-refractivity contribution in [1.29, 1.82) is 0 Å². The Kier molecular flexibility index (Phi) is 2.60. The van der Waals surface area contributed by atoms with E-state index in [4.69, 9.17) is 0 Å². The number of aliphatic hydroxyl groups excluding tert-OH is 1. The smallest absolute Gasteiger partial charge is 0.0552 e. The fraction of sp³-hybridized carbons (Fsp3) is 0.429. The fourth-order valence-electron chi connectivity index (χ4n) is 2.39. The van der Waals surface area contributed by atoms with E-state index in [9.17, 15) is 5.11 Å². The van der Waals surface area contributed by atoms with Crippen molar-refractivity contribution in [1.82, 2.24) is 0 Å². The molecule has 2 nitrogen and oxygen atoms in total. The Morgan fingerprint density at radius 3 is 2.82 bits per heavy atom. The summed E-state index contributed by atoms with van der Waals surface area (Å²) in [6, 6.07) is 8.51. The van der Waals surface area contributed by atoms with Crippen LogP contribution in [-0.4, -0.2) is 25.3 Å². The largest absolute Gasteiger partial charge is 0.396 e. The highest BCUT2D eigenvalue weighted by molar-refractivity contribution is 7.17. The lowest BCUT2D eigenvalue weighted by Gasteiger charge is -2.23. The van der Waals surface area contributed by atoms with Gasteiger partial charge in [0.15, 0.2) is 0 Å². The van der Waals surface area contributed by atoms with Crippen LogP contribution in [0.5, 0.6) is 0 Å². The van der Waals surface area contributed by atoms with Gasteiger partial charge in [-0.2, -0.15) is 0 Å². The molecule has 0 unspecified atom stereocenters. The Balaban J connectivity index is 1.88. The molecule has 3 rings (SSSR count). The molecule has 1 saturated carbocycles. The average molecular weight is 247 g/mol. The van der Waals surface area contributed by atoms with Crippen molar-refractivity contribution < 1.29 is 5.11 Å². The van der Waals surface area contributed by atoms with Crippen LogP contribution in [0.4, 0.5) is 5.69 Å². The summed E-state index contributed by atoms with van der Waals surface area (Å²) in [6.45, 7) is 1.28. The minimum Gasteiger partial charge on any atom is -0.396 e. The van der Waals surface area contributed by atoms with Gasteiger partial charge in [-0.05, 0) is 18.9 Å². The molecule has 0 amide bonds. The minimum absolute atomic E-state index is 0.178. The summed E-state index contributed by atoms with van der Waals surface area (Å²) in [5.74, 6) is 0. The Bertz CT molecular complexity index is 530. The number of anilines is 1. The normalized spacial score (nSPS) is 17.3. The van der Waals surface area contributed by atoms with E-state index in [1.165, 1.54) is 15.8 Å². The van der Waals surface area contributed by atoms with Crippen LogP contribution in [-0.2, 0) is 0 Å². The standard InChI is InChI=1S/C14H17NOS/c1-15(9-14(10-16)6-7-14)12-8-17-13-5-3-2-4-11(12)13/h2-5,8,16H,6-7,9-10H2,1H3. The highest BCUT2D eigenvalue weighted by Gasteiger charge is 2.43. The van der Waals surface area contributed by atoms with Gasteiger partial charge in [-0.1, -0.05) is 18.2 Å². The van der Waals surface area contributed by atoms with Crippen LogP contribution in [0.25, 0.3) is 10.1 Å². The van der Waals surface area contributed by atoms with E-state index < -0.39 is 0 Å². The van der Waals surface area contributed by atoms with E-state index in [0.717, 1.165) is 19.4 Å². The lowest BCUT2D eigenvalue weighted by molar-refractivity contribution is 0.215. The van der Waals surface area contributed by atoms with Gasteiger partial charge in [0.25, 0.3) is 0 Å². The molecule has 1 aliphatic rings. The number of aliphatic hydroxyl groups is 1. The molecular weight excluding hydrogens is 230 g/mol. The van der Waals surface area contributed by atoms with Crippen LogP contribution < -0.4 is 4.90 Å². The molecule has 1 fully saturated rings. The summed E-state index contributed by atoms with van der Waals surface area (Å²) >= 11 is 1.79. The molecule has 1 heterocycles. The molecule has 1 aromatic heterocycles. The quantitative estimate of drug-likeness (QED) is 0.897. The van der Waals surface area contributed by atoms with Crippen molar-refractivity contribution in [2.75, 3.05) is 25.1 Å². The number of benzene rings is 1. The predicted octanol–water partition coefficient (Wildman–Crippen LogP) is 3.11. The van der Waals surface area contributed by atoms with Crippen molar-refractivity contribution in [3.8, 4) is 0 Å². The summed E-state index contributed by atoms with van der Waals surface area (Å²) in [5, 5.41) is 12.9. The maximum atomic E-state index is 9.39. The van der Waals surface area contributed by atoms with Gasteiger partial charge in [0, 0.05) is 34.5 Å². The zero-order valence-corrected chi connectivity index (χ0v) is 10.8. The van der Waals surface area contributed by atoms with Gasteiger partial charge in [0.1, 0.15) is 0 Å². The Labute approximate surface area is 105 Å². The van der Waals surface area contributed by atoms with E-state index in [-0.39, 0.29) is 5.41 Å². The van der Waals surface area contributed by atoms with Gasteiger partial charge in [0.2, 0.25) is 0 Å². The SMILES string of the molecule is CN(CC1(CO)CC1)c1csc2ccccc12. The molecule has 0 aliphatic heterocycles. The maximum Gasteiger partial charge on any atom is 0.0552 e. The van der Waals surface area contributed by atoms with Gasteiger partial charge in [-0.25, -0.2) is 0 Å². The number of nitrogens with zero attached hydrogens (tertiary/aromatic N) is 1. The molecule has 90 valence electrons. The Morgan fingerprint density at radius 1 is 1.35 bits per heavy atom. The van der Waals surface area contributed by atoms with Crippen LogP contribution >= 0.6 is 11.3 Å². The molecule has 0 bridgehead atoms. The second-order valence-electron chi connectivity index (χ2n) is 5.13. The molecule has 0 radical (unpaired) electrons. The number of fused-ring (bicyclic) bond motifs is 1. The first-order valence-electron chi connectivity index (χ1n) is 6.02. The van der Waals surface area contributed by atoms with E-state index in [1.807, 2.05) is 0 Å². The summed E-state index contributed by atoms with van der Waals surface area (Å²) < 4.78 is 1.34. The molecule has 3 heteroatoms. The summed E-state index contributed by atoms with van der Waals surface area (Å²) in [7, 11) is 2.13. The van der Waals surface area contributed by atoms with Gasteiger partial charge < -0.3 is 10.0 Å². The first-order chi connectivity index (χ1) is 8.24. The molecule has 2 aromatic rings. The second kappa shape index (κ2) is 4.00. The Morgan fingerprint density at radius 2 is 2.12 bits per heavy atom. The van der Waals surface area contributed by atoms with Crippen molar-refractivity contribution in [2.24, 2.45) is 5.41 Å². The van der Waals surface area contributed by atoms with E-state index in [2.05, 4.69) is 41.6 Å². The third-order valence-corrected chi connectivity index (χ3v) is 4.69. The van der Waals surface area contributed by atoms with Crippen LogP contribution in [0.2, 0.25) is 0 Å². The summed E-state index contributed by atoms with van der Waals surface area (Å²) in [5.41, 5.74) is 1.47. The lowest BCUT2D eigenvalue weighted by atomic mass is 10.1. The highest BCUT2D eigenvalue weighted by Crippen LogP contribution is 2.46. The maximum absolute atomic E-state index is 9.39. The zero-order chi connectivity index (χ0) is 11.9. The number of hydrogen-bond donors (Lipinski definition) is 1. The van der Waals surface area contributed by atoms with Crippen molar-refractivity contribution in [3.05, 3.63) is 29.6 Å². The number of thiophene rings is 1. The van der Waals surface area contributed by atoms with Crippen LogP contribution in [0.3, 0.4) is 0 Å². The third kappa shape index (κ3) is 1.94. The van der Waals surface area contributed by atoms with E-state index >= 15 is 0 Å². The summed E-state index contributed by atoms with van der Waals surface area (Å²) in [4.78, 5) is 2.29. The second-order valence-corrected chi connectivity index (χ2v) is 6.04. The fourth-order valence-corrected chi connectivity index (χ4v) is 3.39.